The molecular weight excluding hydrogens is 504 g/mol. The maximum absolute atomic E-state index is 13.9. The van der Waals surface area contributed by atoms with Crippen LogP contribution >= 0.6 is 11.3 Å². The van der Waals surface area contributed by atoms with E-state index in [-0.39, 0.29) is 30.3 Å². The Morgan fingerprint density at radius 2 is 1.92 bits per heavy atom. The lowest BCUT2D eigenvalue weighted by Gasteiger charge is -2.34. The van der Waals surface area contributed by atoms with E-state index in [9.17, 15) is 9.59 Å². The van der Waals surface area contributed by atoms with E-state index in [0.29, 0.717) is 37.7 Å². The van der Waals surface area contributed by atoms with Crippen LogP contribution in [0.3, 0.4) is 0 Å². The lowest BCUT2D eigenvalue weighted by atomic mass is 9.84. The van der Waals surface area contributed by atoms with Gasteiger partial charge in [0.25, 0.3) is 5.91 Å². The van der Waals surface area contributed by atoms with Crippen molar-refractivity contribution in [3.8, 4) is 11.5 Å². The SMILES string of the molecule is COc1ccc([C@H]2CC(c3cccs3)=NN2C(=O)CN(CCN2CCOCC2)C(=O)C2CCC2)cc1OC. The summed E-state index contributed by atoms with van der Waals surface area (Å²) in [5.41, 5.74) is 1.79. The van der Waals surface area contributed by atoms with E-state index in [4.69, 9.17) is 19.3 Å². The van der Waals surface area contributed by atoms with Crippen molar-refractivity contribution in [1.82, 2.24) is 14.8 Å². The van der Waals surface area contributed by atoms with Gasteiger partial charge in [0.1, 0.15) is 6.54 Å². The number of thiophene rings is 1. The van der Waals surface area contributed by atoms with E-state index in [1.807, 2.05) is 35.7 Å². The Bertz CT molecular complexity index is 1140. The van der Waals surface area contributed by atoms with Gasteiger partial charge >= 0.3 is 0 Å². The molecule has 1 atom stereocenters. The van der Waals surface area contributed by atoms with Crippen molar-refractivity contribution < 1.29 is 23.8 Å². The Labute approximate surface area is 227 Å². The van der Waals surface area contributed by atoms with E-state index >= 15 is 0 Å². The molecule has 1 saturated heterocycles. The molecule has 1 aromatic carbocycles. The molecular formula is C28H36N4O5S. The summed E-state index contributed by atoms with van der Waals surface area (Å²) in [6.07, 6.45) is 3.47. The minimum atomic E-state index is -0.292. The average Bonchev–Trinajstić information content (AvgIpc) is 3.60. The number of rotatable bonds is 10. The molecule has 0 N–H and O–H groups in total. The molecule has 2 aromatic rings. The van der Waals surface area contributed by atoms with Crippen LogP contribution < -0.4 is 9.47 Å². The number of nitrogens with zero attached hydrogens (tertiary/aromatic N) is 4. The van der Waals surface area contributed by atoms with E-state index in [2.05, 4.69) is 4.90 Å². The molecule has 10 heteroatoms. The number of carbonyl (C=O) groups excluding carboxylic acids is 2. The monoisotopic (exact) mass is 540 g/mol. The molecule has 5 rings (SSSR count). The van der Waals surface area contributed by atoms with Gasteiger partial charge in [0.2, 0.25) is 5.91 Å². The smallest absolute Gasteiger partial charge is 0.262 e. The molecule has 3 heterocycles. The number of hydrogen-bond acceptors (Lipinski definition) is 8. The Hall–Kier alpha value is -2.95. The lowest BCUT2D eigenvalue weighted by Crippen LogP contribution is -2.49. The van der Waals surface area contributed by atoms with E-state index in [1.165, 1.54) is 0 Å². The highest BCUT2D eigenvalue weighted by atomic mass is 32.1. The van der Waals surface area contributed by atoms with Crippen LogP contribution in [0.15, 0.2) is 40.8 Å². The second-order valence-corrected chi connectivity index (χ2v) is 10.9. The Morgan fingerprint density at radius 1 is 1.13 bits per heavy atom. The zero-order chi connectivity index (χ0) is 26.5. The number of hydrogen-bond donors (Lipinski definition) is 0. The lowest BCUT2D eigenvalue weighted by molar-refractivity contribution is -0.145. The standard InChI is InChI=1S/C28H36N4O5S/c1-35-24-9-8-21(17-25(24)36-2)23-18-22(26-7-4-16-38-26)29-32(23)27(33)19-31(28(34)20-5-3-6-20)11-10-30-12-14-37-15-13-30/h4,7-9,16-17,20,23H,3,5-6,10-15,18-19H2,1-2H3/t23-/m1/s1. The second kappa shape index (κ2) is 12.3. The van der Waals surface area contributed by atoms with Gasteiger partial charge in [-0.1, -0.05) is 18.6 Å². The van der Waals surface area contributed by atoms with Gasteiger partial charge in [0.05, 0.1) is 44.1 Å². The van der Waals surface area contributed by atoms with Crippen LogP contribution in [0.25, 0.3) is 0 Å². The van der Waals surface area contributed by atoms with Crippen molar-refractivity contribution in [2.45, 2.75) is 31.7 Å². The first-order valence-corrected chi connectivity index (χ1v) is 14.2. The van der Waals surface area contributed by atoms with E-state index < -0.39 is 0 Å². The Kier molecular flexibility index (Phi) is 8.61. The number of amides is 2. The highest BCUT2D eigenvalue weighted by molar-refractivity contribution is 7.12. The number of carbonyl (C=O) groups is 2. The normalized spacial score (nSPS) is 20.1. The summed E-state index contributed by atoms with van der Waals surface area (Å²) in [7, 11) is 3.21. The van der Waals surface area contributed by atoms with Gasteiger partial charge in [-0.2, -0.15) is 5.10 Å². The predicted molar refractivity (Wildman–Crippen MR) is 146 cm³/mol. The molecule has 2 fully saturated rings. The molecule has 0 radical (unpaired) electrons. The summed E-state index contributed by atoms with van der Waals surface area (Å²) in [4.78, 5) is 32.3. The molecule has 1 aliphatic carbocycles. The van der Waals surface area contributed by atoms with Gasteiger partial charge in [-0.15, -0.1) is 11.3 Å². The van der Waals surface area contributed by atoms with Crippen LogP contribution in [0.2, 0.25) is 0 Å². The molecule has 0 unspecified atom stereocenters. The summed E-state index contributed by atoms with van der Waals surface area (Å²) in [5, 5.41) is 8.39. The second-order valence-electron chi connectivity index (χ2n) is 9.94. The summed E-state index contributed by atoms with van der Waals surface area (Å²) < 4.78 is 16.4. The van der Waals surface area contributed by atoms with Crippen molar-refractivity contribution in [2.75, 3.05) is 60.2 Å². The molecule has 1 aromatic heterocycles. The molecule has 2 aliphatic heterocycles. The topological polar surface area (TPSA) is 83.9 Å². The predicted octanol–water partition coefficient (Wildman–Crippen LogP) is 3.40. The summed E-state index contributed by atoms with van der Waals surface area (Å²) >= 11 is 1.61. The third-order valence-electron chi connectivity index (χ3n) is 7.65. The van der Waals surface area contributed by atoms with Crippen molar-refractivity contribution in [3.05, 3.63) is 46.2 Å². The van der Waals surface area contributed by atoms with Gasteiger partial charge in [-0.05, 0) is 42.0 Å². The van der Waals surface area contributed by atoms with Crippen LogP contribution in [0, 0.1) is 5.92 Å². The molecule has 9 nitrogen and oxygen atoms in total. The number of benzene rings is 1. The number of hydrazone groups is 1. The third-order valence-corrected chi connectivity index (χ3v) is 8.56. The third kappa shape index (κ3) is 5.87. The fourth-order valence-electron chi connectivity index (χ4n) is 5.15. The molecule has 0 bridgehead atoms. The first-order valence-electron chi connectivity index (χ1n) is 13.3. The average molecular weight is 541 g/mol. The van der Waals surface area contributed by atoms with Crippen molar-refractivity contribution in [3.63, 3.8) is 0 Å². The maximum Gasteiger partial charge on any atom is 0.262 e. The van der Waals surface area contributed by atoms with Crippen molar-refractivity contribution in [2.24, 2.45) is 11.0 Å². The molecule has 0 spiro atoms. The fourth-order valence-corrected chi connectivity index (χ4v) is 5.88. The minimum absolute atomic E-state index is 0.0185. The first kappa shape index (κ1) is 26.6. The molecule has 3 aliphatic rings. The molecule has 204 valence electrons. The minimum Gasteiger partial charge on any atom is -0.493 e. The van der Waals surface area contributed by atoms with Crippen LogP contribution in [0.5, 0.6) is 11.5 Å². The Morgan fingerprint density at radius 3 is 2.58 bits per heavy atom. The van der Waals surface area contributed by atoms with Gasteiger partial charge in [0.15, 0.2) is 11.5 Å². The number of methoxy groups -OCH3 is 2. The van der Waals surface area contributed by atoms with Crippen LogP contribution in [0.1, 0.15) is 42.2 Å². The van der Waals surface area contributed by atoms with Gasteiger partial charge in [-0.25, -0.2) is 5.01 Å². The van der Waals surface area contributed by atoms with Crippen LogP contribution in [0.4, 0.5) is 0 Å². The summed E-state index contributed by atoms with van der Waals surface area (Å²) in [6.45, 7) is 4.38. The largest absolute Gasteiger partial charge is 0.493 e. The highest BCUT2D eigenvalue weighted by Crippen LogP contribution is 2.38. The van der Waals surface area contributed by atoms with Crippen molar-refractivity contribution >= 4 is 28.9 Å². The quantitative estimate of drug-likeness (QED) is 0.459. The van der Waals surface area contributed by atoms with Gasteiger partial charge < -0.3 is 19.1 Å². The zero-order valence-electron chi connectivity index (χ0n) is 22.1. The highest BCUT2D eigenvalue weighted by Gasteiger charge is 2.37. The maximum atomic E-state index is 13.9. The zero-order valence-corrected chi connectivity index (χ0v) is 23.0. The van der Waals surface area contributed by atoms with Crippen LogP contribution in [-0.4, -0.2) is 92.5 Å². The molecule has 2 amide bonds. The van der Waals surface area contributed by atoms with Gasteiger partial charge in [0, 0.05) is 38.5 Å². The molecule has 38 heavy (non-hydrogen) atoms. The van der Waals surface area contributed by atoms with Crippen LogP contribution in [-0.2, 0) is 14.3 Å². The Balaban J connectivity index is 1.37. The fraction of sp³-hybridized carbons (Fsp3) is 0.536. The van der Waals surface area contributed by atoms with E-state index in [0.717, 1.165) is 55.0 Å². The number of morpholine rings is 1. The summed E-state index contributed by atoms with van der Waals surface area (Å²) in [5.74, 6) is 1.17. The van der Waals surface area contributed by atoms with E-state index in [1.54, 1.807) is 35.5 Å². The van der Waals surface area contributed by atoms with Crippen molar-refractivity contribution in [1.29, 1.82) is 0 Å². The van der Waals surface area contributed by atoms with Gasteiger partial charge in [-0.3, -0.25) is 14.5 Å². The number of ether oxygens (including phenoxy) is 3. The molecule has 1 saturated carbocycles. The first-order chi connectivity index (χ1) is 18.6. The summed E-state index contributed by atoms with van der Waals surface area (Å²) in [6, 6.07) is 9.44.